The van der Waals surface area contributed by atoms with Gasteiger partial charge in [0.1, 0.15) is 6.54 Å². The van der Waals surface area contributed by atoms with Crippen LogP contribution in [0.1, 0.15) is 12.1 Å². The molecule has 0 fully saturated rings. The maximum absolute atomic E-state index is 12.6. The number of aryl methyl sites for hydroxylation is 2. The van der Waals surface area contributed by atoms with Gasteiger partial charge in [-0.3, -0.25) is 4.68 Å². The predicted molar refractivity (Wildman–Crippen MR) is 83.3 cm³/mol. The van der Waals surface area contributed by atoms with Gasteiger partial charge in [0.25, 0.3) is 0 Å². The highest BCUT2D eigenvalue weighted by atomic mass is 19.4. The van der Waals surface area contributed by atoms with Crippen LogP contribution in [0.5, 0.6) is 0 Å². The van der Waals surface area contributed by atoms with E-state index in [1.54, 1.807) is 24.7 Å². The van der Waals surface area contributed by atoms with Crippen molar-refractivity contribution in [1.82, 2.24) is 19.7 Å². The first-order chi connectivity index (χ1) is 11.2. The van der Waals surface area contributed by atoms with Crippen molar-refractivity contribution in [3.8, 4) is 12.3 Å². The molecule has 2 aromatic heterocycles. The zero-order chi connectivity index (χ0) is 17.9. The summed E-state index contributed by atoms with van der Waals surface area (Å²) in [5, 5.41) is 7.33. The lowest BCUT2D eigenvalue weighted by molar-refractivity contribution is -0.139. The number of hydrogen-bond acceptors (Lipinski definition) is 3. The molecule has 1 N–H and O–H groups in total. The lowest BCUT2D eigenvalue weighted by Crippen LogP contribution is -2.42. The largest absolute Gasteiger partial charge is 0.406 e. The highest BCUT2D eigenvalue weighted by molar-refractivity contribution is 5.92. The van der Waals surface area contributed by atoms with Gasteiger partial charge >= 0.3 is 12.2 Å². The molecule has 6 nitrogen and oxygen atoms in total. The molecular formula is C15H16F3N5O. The molecule has 0 bridgehead atoms. The lowest BCUT2D eigenvalue weighted by Gasteiger charge is -2.23. The molecule has 0 aliphatic rings. The summed E-state index contributed by atoms with van der Waals surface area (Å²) in [6.45, 7) is 0.212. The average molecular weight is 339 g/mol. The molecule has 2 rings (SSSR count). The van der Waals surface area contributed by atoms with Crippen LogP contribution in [0.15, 0.2) is 12.3 Å². The number of carbonyl (C=O) groups is 1. The minimum absolute atomic E-state index is 0.0303. The first-order valence-electron chi connectivity index (χ1n) is 7.07. The zero-order valence-corrected chi connectivity index (χ0v) is 13.2. The number of anilines is 1. The Morgan fingerprint density at radius 3 is 2.83 bits per heavy atom. The molecule has 0 saturated carbocycles. The predicted octanol–water partition coefficient (Wildman–Crippen LogP) is 2.70. The quantitative estimate of drug-likeness (QED) is 0.871. The van der Waals surface area contributed by atoms with Crippen LogP contribution in [0.3, 0.4) is 0 Å². The van der Waals surface area contributed by atoms with E-state index < -0.39 is 18.8 Å². The third kappa shape index (κ3) is 4.16. The van der Waals surface area contributed by atoms with Crippen molar-refractivity contribution in [1.29, 1.82) is 0 Å². The summed E-state index contributed by atoms with van der Waals surface area (Å²) in [6.07, 6.45) is 1.96. The fourth-order valence-corrected chi connectivity index (χ4v) is 2.25. The Labute approximate surface area is 136 Å². The summed E-state index contributed by atoms with van der Waals surface area (Å²) in [6, 6.07) is 0.737. The number of hydrogen-bond donors (Lipinski definition) is 1. The smallest absolute Gasteiger partial charge is 0.314 e. The number of carbonyl (C=O) groups excluding carboxylic acids is 1. The number of pyridine rings is 1. The highest BCUT2D eigenvalue weighted by Gasteiger charge is 2.32. The third-order valence-electron chi connectivity index (χ3n) is 3.30. The van der Waals surface area contributed by atoms with Crippen molar-refractivity contribution in [2.75, 3.05) is 18.4 Å². The Morgan fingerprint density at radius 1 is 1.50 bits per heavy atom. The minimum atomic E-state index is -4.51. The van der Waals surface area contributed by atoms with Crippen LogP contribution >= 0.6 is 0 Å². The van der Waals surface area contributed by atoms with Gasteiger partial charge in [-0.1, -0.05) is 0 Å². The summed E-state index contributed by atoms with van der Waals surface area (Å²) in [5.74, 6) is 2.22. The number of halogens is 3. The van der Waals surface area contributed by atoms with Crippen LogP contribution in [-0.2, 0) is 7.05 Å². The number of fused-ring (bicyclic) bond motifs is 1. The molecule has 9 heteroatoms. The Bertz CT molecular complexity index is 791. The monoisotopic (exact) mass is 339 g/mol. The molecule has 2 aromatic rings. The Kier molecular flexibility index (Phi) is 4.97. The fraction of sp³-hybridized carbons (Fsp3) is 0.400. The highest BCUT2D eigenvalue weighted by Crippen LogP contribution is 2.21. The van der Waals surface area contributed by atoms with E-state index in [1.165, 1.54) is 6.20 Å². The number of aromatic nitrogens is 3. The molecule has 0 radical (unpaired) electrons. The molecule has 0 atom stereocenters. The van der Waals surface area contributed by atoms with Gasteiger partial charge < -0.3 is 10.2 Å². The van der Waals surface area contributed by atoms with Crippen LogP contribution < -0.4 is 5.32 Å². The summed E-state index contributed by atoms with van der Waals surface area (Å²) in [4.78, 5) is 16.9. The second-order valence-electron chi connectivity index (χ2n) is 5.23. The number of alkyl halides is 3. The van der Waals surface area contributed by atoms with Gasteiger partial charge in [0, 0.05) is 25.4 Å². The normalized spacial score (nSPS) is 11.3. The van der Waals surface area contributed by atoms with Crippen molar-refractivity contribution in [3.05, 3.63) is 18.0 Å². The lowest BCUT2D eigenvalue weighted by atomic mass is 10.2. The minimum Gasteiger partial charge on any atom is -0.314 e. The molecular weight excluding hydrogens is 323 g/mol. The van der Waals surface area contributed by atoms with Crippen LogP contribution in [0.25, 0.3) is 11.0 Å². The van der Waals surface area contributed by atoms with Crippen molar-refractivity contribution in [2.45, 2.75) is 19.5 Å². The molecule has 0 aliphatic heterocycles. The van der Waals surface area contributed by atoms with E-state index in [1.807, 2.05) is 0 Å². The summed E-state index contributed by atoms with van der Waals surface area (Å²) in [7, 11) is 1.73. The van der Waals surface area contributed by atoms with Crippen LogP contribution in [0.2, 0.25) is 0 Å². The van der Waals surface area contributed by atoms with Crippen molar-refractivity contribution < 1.29 is 18.0 Å². The molecule has 0 unspecified atom stereocenters. The number of nitrogens with zero attached hydrogens (tertiary/aromatic N) is 4. The number of amides is 2. The Morgan fingerprint density at radius 2 is 2.21 bits per heavy atom. The number of urea groups is 1. The maximum Gasteiger partial charge on any atom is 0.406 e. The number of nitrogens with one attached hydrogen (secondary N) is 1. The fourth-order valence-electron chi connectivity index (χ4n) is 2.25. The van der Waals surface area contributed by atoms with Gasteiger partial charge in [-0.15, -0.1) is 12.3 Å². The van der Waals surface area contributed by atoms with E-state index in [-0.39, 0.29) is 18.7 Å². The van der Waals surface area contributed by atoms with Gasteiger partial charge in [0.2, 0.25) is 0 Å². The van der Waals surface area contributed by atoms with Crippen LogP contribution in [0, 0.1) is 19.3 Å². The molecule has 0 aromatic carbocycles. The first kappa shape index (κ1) is 17.6. The van der Waals surface area contributed by atoms with Crippen LogP contribution in [-0.4, -0.2) is 45.0 Å². The van der Waals surface area contributed by atoms with E-state index in [2.05, 4.69) is 21.3 Å². The standard InChI is InChI=1S/C15H16F3N5O/c1-4-5-6-23(9-15(16,17)18)14(24)20-11-7-12-10(2)21-22(3)13(12)19-8-11/h1,7-8H,5-6,9H2,2-3H3,(H,20,24). The first-order valence-corrected chi connectivity index (χ1v) is 7.07. The molecule has 2 amide bonds. The molecule has 24 heavy (non-hydrogen) atoms. The zero-order valence-electron chi connectivity index (χ0n) is 13.2. The van der Waals surface area contributed by atoms with Crippen LogP contribution in [0.4, 0.5) is 23.7 Å². The molecule has 0 aliphatic carbocycles. The van der Waals surface area contributed by atoms with Gasteiger partial charge in [-0.05, 0) is 13.0 Å². The third-order valence-corrected chi connectivity index (χ3v) is 3.30. The number of rotatable bonds is 4. The summed E-state index contributed by atoms with van der Waals surface area (Å²) < 4.78 is 39.4. The average Bonchev–Trinajstić information content (AvgIpc) is 2.77. The maximum atomic E-state index is 12.6. The van der Waals surface area contributed by atoms with Gasteiger partial charge in [-0.2, -0.15) is 18.3 Å². The van der Waals surface area contributed by atoms with Gasteiger partial charge in [0.15, 0.2) is 5.65 Å². The van der Waals surface area contributed by atoms with Crippen molar-refractivity contribution >= 4 is 22.8 Å². The Hall–Kier alpha value is -2.76. The topological polar surface area (TPSA) is 63.1 Å². The van der Waals surface area contributed by atoms with Crippen molar-refractivity contribution in [3.63, 3.8) is 0 Å². The van der Waals surface area contributed by atoms with E-state index in [9.17, 15) is 18.0 Å². The van der Waals surface area contributed by atoms with Gasteiger partial charge in [0.05, 0.1) is 17.6 Å². The summed E-state index contributed by atoms with van der Waals surface area (Å²) >= 11 is 0. The second kappa shape index (κ2) is 6.78. The number of terminal acetylenes is 1. The van der Waals surface area contributed by atoms with E-state index >= 15 is 0 Å². The molecule has 0 saturated heterocycles. The van der Waals surface area contributed by atoms with Gasteiger partial charge in [-0.25, -0.2) is 9.78 Å². The van der Waals surface area contributed by atoms with E-state index in [0.29, 0.717) is 21.6 Å². The van der Waals surface area contributed by atoms with E-state index in [0.717, 1.165) is 0 Å². The SMILES string of the molecule is C#CCCN(CC(F)(F)F)C(=O)Nc1cnc2c(c1)c(C)nn2C. The second-order valence-corrected chi connectivity index (χ2v) is 5.23. The van der Waals surface area contributed by atoms with E-state index in [4.69, 9.17) is 6.42 Å². The van der Waals surface area contributed by atoms with Crippen molar-refractivity contribution in [2.24, 2.45) is 7.05 Å². The summed E-state index contributed by atoms with van der Waals surface area (Å²) in [5.41, 5.74) is 1.61. The molecule has 128 valence electrons. The molecule has 2 heterocycles. The Balaban J connectivity index is 2.19. The molecule has 0 spiro atoms.